The number of Topliss-reactive ketones (excluding diaryl/α,β-unsaturated/α-hetero) is 1. The third kappa shape index (κ3) is 3.88. The predicted octanol–water partition coefficient (Wildman–Crippen LogP) is 3.26. The molecule has 0 saturated carbocycles. The maximum Gasteiger partial charge on any atom is 0.273 e. The number of nitro benzene ring substituents is 1. The second-order valence-electron chi connectivity index (χ2n) is 6.37. The monoisotopic (exact) mass is 357 g/mol. The molecule has 3 rings (SSSR count). The molecule has 1 saturated heterocycles. The number of para-hydroxylation sites is 1. The number of hydrogen-bond donors (Lipinski definition) is 0. The van der Waals surface area contributed by atoms with Gasteiger partial charge in [0.05, 0.1) is 10.6 Å². The lowest BCUT2D eigenvalue weighted by Gasteiger charge is -2.36. The summed E-state index contributed by atoms with van der Waals surface area (Å²) in [6, 6.07) is 11.3. The van der Waals surface area contributed by atoms with Gasteiger partial charge in [0.2, 0.25) is 0 Å². The van der Waals surface area contributed by atoms with E-state index in [9.17, 15) is 19.3 Å². The summed E-state index contributed by atoms with van der Waals surface area (Å²) in [6.07, 6.45) is 0. The zero-order chi connectivity index (χ0) is 18.7. The van der Waals surface area contributed by atoms with Crippen molar-refractivity contribution in [1.82, 2.24) is 4.90 Å². The minimum atomic E-state index is -0.398. The van der Waals surface area contributed by atoms with Crippen LogP contribution in [0.15, 0.2) is 42.5 Å². The fourth-order valence-electron chi connectivity index (χ4n) is 3.19. The molecule has 0 spiro atoms. The molecule has 0 radical (unpaired) electrons. The summed E-state index contributed by atoms with van der Waals surface area (Å²) < 4.78 is 14.3. The minimum absolute atomic E-state index is 0.126. The van der Waals surface area contributed by atoms with Gasteiger partial charge in [-0.3, -0.25) is 19.8 Å². The quantitative estimate of drug-likeness (QED) is 0.467. The van der Waals surface area contributed by atoms with Crippen molar-refractivity contribution in [3.05, 3.63) is 69.5 Å². The molecule has 1 heterocycles. The van der Waals surface area contributed by atoms with Crippen LogP contribution in [-0.2, 0) is 6.54 Å². The van der Waals surface area contributed by atoms with Gasteiger partial charge in [0.15, 0.2) is 5.78 Å². The van der Waals surface area contributed by atoms with Gasteiger partial charge in [0.1, 0.15) is 5.82 Å². The molecule has 0 bridgehead atoms. The molecule has 26 heavy (non-hydrogen) atoms. The number of halogens is 1. The van der Waals surface area contributed by atoms with Gasteiger partial charge in [-0.05, 0) is 25.1 Å². The number of nitro groups is 1. The number of ketones is 1. The average Bonchev–Trinajstić information content (AvgIpc) is 2.62. The number of carbonyl (C=O) groups is 1. The number of nitrogens with zero attached hydrogens (tertiary/aromatic N) is 3. The van der Waals surface area contributed by atoms with Gasteiger partial charge in [-0.1, -0.05) is 18.2 Å². The maximum atomic E-state index is 14.3. The molecule has 1 aliphatic rings. The molecule has 0 unspecified atom stereocenters. The SMILES string of the molecule is CC(=O)c1ccc(N2CCN(Cc3ccccc3[N+](=O)[O-])CC2)c(F)c1. The second-order valence-corrected chi connectivity index (χ2v) is 6.37. The van der Waals surface area contributed by atoms with E-state index in [1.54, 1.807) is 30.3 Å². The highest BCUT2D eigenvalue weighted by Crippen LogP contribution is 2.24. The van der Waals surface area contributed by atoms with Crippen LogP contribution in [0.25, 0.3) is 0 Å². The zero-order valence-electron chi connectivity index (χ0n) is 14.5. The summed E-state index contributed by atoms with van der Waals surface area (Å²) in [4.78, 5) is 26.2. The third-order valence-electron chi connectivity index (χ3n) is 4.65. The van der Waals surface area contributed by atoms with Crippen molar-refractivity contribution < 1.29 is 14.1 Å². The molecule has 0 N–H and O–H groups in total. The van der Waals surface area contributed by atoms with Crippen molar-refractivity contribution in [3.8, 4) is 0 Å². The Morgan fingerprint density at radius 1 is 1.15 bits per heavy atom. The van der Waals surface area contributed by atoms with Crippen molar-refractivity contribution in [2.75, 3.05) is 31.1 Å². The van der Waals surface area contributed by atoms with Crippen LogP contribution in [0.5, 0.6) is 0 Å². The van der Waals surface area contributed by atoms with Gasteiger partial charge in [-0.25, -0.2) is 4.39 Å². The Bertz CT molecular complexity index is 833. The molecule has 2 aromatic rings. The average molecular weight is 357 g/mol. The van der Waals surface area contributed by atoms with Crippen molar-refractivity contribution in [1.29, 1.82) is 0 Å². The molecule has 0 aromatic heterocycles. The van der Waals surface area contributed by atoms with Gasteiger partial charge in [0, 0.05) is 49.9 Å². The van der Waals surface area contributed by atoms with Crippen LogP contribution in [0.2, 0.25) is 0 Å². The number of rotatable bonds is 5. The maximum absolute atomic E-state index is 14.3. The van der Waals surface area contributed by atoms with Crippen LogP contribution in [0.4, 0.5) is 15.8 Å². The van der Waals surface area contributed by atoms with Gasteiger partial charge in [-0.2, -0.15) is 0 Å². The largest absolute Gasteiger partial charge is 0.367 e. The molecular weight excluding hydrogens is 337 g/mol. The van der Waals surface area contributed by atoms with E-state index in [0.717, 1.165) is 0 Å². The van der Waals surface area contributed by atoms with Crippen molar-refractivity contribution in [2.24, 2.45) is 0 Å². The minimum Gasteiger partial charge on any atom is -0.367 e. The Kier molecular flexibility index (Phi) is 5.27. The summed E-state index contributed by atoms with van der Waals surface area (Å²) in [5, 5.41) is 11.1. The highest BCUT2D eigenvalue weighted by Gasteiger charge is 2.22. The van der Waals surface area contributed by atoms with Crippen LogP contribution in [0, 0.1) is 15.9 Å². The Labute approximate surface area is 151 Å². The van der Waals surface area contributed by atoms with E-state index in [1.165, 1.54) is 19.1 Å². The van der Waals surface area contributed by atoms with Crippen LogP contribution in [-0.4, -0.2) is 41.8 Å². The van der Waals surface area contributed by atoms with E-state index in [4.69, 9.17) is 0 Å². The number of benzene rings is 2. The van der Waals surface area contributed by atoms with E-state index in [0.29, 0.717) is 49.5 Å². The van der Waals surface area contributed by atoms with Gasteiger partial charge in [-0.15, -0.1) is 0 Å². The third-order valence-corrected chi connectivity index (χ3v) is 4.65. The normalized spacial score (nSPS) is 15.1. The van der Waals surface area contributed by atoms with E-state index >= 15 is 0 Å². The molecule has 0 atom stereocenters. The van der Waals surface area contributed by atoms with Gasteiger partial charge >= 0.3 is 0 Å². The Balaban J connectivity index is 1.65. The van der Waals surface area contributed by atoms with Gasteiger partial charge < -0.3 is 4.90 Å². The first-order valence-corrected chi connectivity index (χ1v) is 8.46. The summed E-state index contributed by atoms with van der Waals surface area (Å²) in [5.74, 6) is -0.561. The number of carbonyl (C=O) groups excluding carboxylic acids is 1. The summed E-state index contributed by atoms with van der Waals surface area (Å²) in [7, 11) is 0. The Morgan fingerprint density at radius 3 is 2.46 bits per heavy atom. The van der Waals surface area contributed by atoms with E-state index in [2.05, 4.69) is 4.90 Å². The first-order valence-electron chi connectivity index (χ1n) is 8.46. The highest BCUT2D eigenvalue weighted by atomic mass is 19.1. The molecule has 2 aromatic carbocycles. The lowest BCUT2D eigenvalue weighted by molar-refractivity contribution is -0.385. The van der Waals surface area contributed by atoms with Crippen molar-refractivity contribution >= 4 is 17.2 Å². The van der Waals surface area contributed by atoms with Crippen LogP contribution in [0.3, 0.4) is 0 Å². The molecule has 0 aliphatic carbocycles. The molecule has 6 nitrogen and oxygen atoms in total. The van der Waals surface area contributed by atoms with Crippen LogP contribution in [0.1, 0.15) is 22.8 Å². The number of anilines is 1. The fourth-order valence-corrected chi connectivity index (χ4v) is 3.19. The van der Waals surface area contributed by atoms with Crippen molar-refractivity contribution in [2.45, 2.75) is 13.5 Å². The lowest BCUT2D eigenvalue weighted by atomic mass is 10.1. The molecule has 1 fully saturated rings. The van der Waals surface area contributed by atoms with Crippen LogP contribution < -0.4 is 4.90 Å². The first-order chi connectivity index (χ1) is 12.5. The van der Waals surface area contributed by atoms with E-state index in [-0.39, 0.29) is 16.4 Å². The van der Waals surface area contributed by atoms with Crippen molar-refractivity contribution in [3.63, 3.8) is 0 Å². The predicted molar refractivity (Wildman–Crippen MR) is 97.0 cm³/mol. The lowest BCUT2D eigenvalue weighted by Crippen LogP contribution is -2.46. The molecule has 7 heteroatoms. The molecule has 136 valence electrons. The fraction of sp³-hybridized carbons (Fsp3) is 0.316. The van der Waals surface area contributed by atoms with Crippen LogP contribution >= 0.6 is 0 Å². The van der Waals surface area contributed by atoms with E-state index < -0.39 is 5.82 Å². The second kappa shape index (κ2) is 7.61. The van der Waals surface area contributed by atoms with E-state index in [1.807, 2.05) is 4.90 Å². The number of piperazine rings is 1. The standard InChI is InChI=1S/C19H20FN3O3/c1-14(24)15-6-7-19(17(20)12-15)22-10-8-21(9-11-22)13-16-4-2-3-5-18(16)23(25)26/h2-7,12H,8-11,13H2,1H3. The summed E-state index contributed by atoms with van der Waals surface area (Å²) in [5.41, 5.74) is 1.66. The molecule has 0 amide bonds. The molecule has 1 aliphatic heterocycles. The Morgan fingerprint density at radius 2 is 1.85 bits per heavy atom. The highest BCUT2D eigenvalue weighted by molar-refractivity contribution is 5.94. The smallest absolute Gasteiger partial charge is 0.273 e. The topological polar surface area (TPSA) is 66.7 Å². The Hall–Kier alpha value is -2.80. The summed E-state index contributed by atoms with van der Waals surface area (Å²) >= 11 is 0. The first kappa shape index (κ1) is 18.0. The number of hydrogen-bond acceptors (Lipinski definition) is 5. The summed E-state index contributed by atoms with van der Waals surface area (Å²) in [6.45, 7) is 4.51. The van der Waals surface area contributed by atoms with Gasteiger partial charge in [0.25, 0.3) is 5.69 Å². The zero-order valence-corrected chi connectivity index (χ0v) is 14.5. The molecular formula is C19H20FN3O3.